The van der Waals surface area contributed by atoms with E-state index in [9.17, 15) is 5.11 Å². The Morgan fingerprint density at radius 3 is 2.61 bits per heavy atom. The van der Waals surface area contributed by atoms with Crippen LogP contribution in [0.5, 0.6) is 5.75 Å². The van der Waals surface area contributed by atoms with Crippen molar-refractivity contribution in [1.82, 2.24) is 10.2 Å². The maximum Gasteiger partial charge on any atom is 0.237 e. The summed E-state index contributed by atoms with van der Waals surface area (Å²) in [6.07, 6.45) is -0.669. The van der Waals surface area contributed by atoms with Gasteiger partial charge in [0.15, 0.2) is 6.23 Å². The second-order valence-electron chi connectivity index (χ2n) is 7.00. The lowest BCUT2D eigenvalue weighted by atomic mass is 10.1. The van der Waals surface area contributed by atoms with Crippen LogP contribution in [0.2, 0.25) is 0 Å². The van der Waals surface area contributed by atoms with E-state index in [4.69, 9.17) is 14.5 Å². The van der Waals surface area contributed by atoms with Crippen molar-refractivity contribution in [2.24, 2.45) is 4.99 Å². The molecule has 0 bridgehead atoms. The van der Waals surface area contributed by atoms with Crippen LogP contribution >= 0.6 is 0 Å². The van der Waals surface area contributed by atoms with Gasteiger partial charge in [0.2, 0.25) is 5.90 Å². The molecule has 0 spiro atoms. The van der Waals surface area contributed by atoms with Crippen molar-refractivity contribution in [2.45, 2.75) is 19.3 Å². The quantitative estimate of drug-likeness (QED) is 0.841. The number of ether oxygens (including phenoxy) is 2. The van der Waals surface area contributed by atoms with Crippen molar-refractivity contribution >= 4 is 11.6 Å². The van der Waals surface area contributed by atoms with Gasteiger partial charge in [-0.3, -0.25) is 0 Å². The highest BCUT2D eigenvalue weighted by molar-refractivity contribution is 5.94. The first-order valence-electron chi connectivity index (χ1n) is 9.29. The number of aromatic hydroxyl groups is 1. The molecule has 0 radical (unpaired) electrons. The second kappa shape index (κ2) is 8.91. The molecule has 0 amide bonds. The fourth-order valence-electron chi connectivity index (χ4n) is 2.90. The highest BCUT2D eigenvalue weighted by atomic mass is 16.5. The number of phenols is 1. The van der Waals surface area contributed by atoms with Crippen LogP contribution in [-0.4, -0.2) is 43.2 Å². The minimum absolute atomic E-state index is 0.207. The van der Waals surface area contributed by atoms with Crippen LogP contribution in [0.1, 0.15) is 30.4 Å². The number of aliphatic imine (C=N–C) groups is 1. The van der Waals surface area contributed by atoms with Crippen molar-refractivity contribution in [2.75, 3.05) is 27.2 Å². The zero-order valence-electron chi connectivity index (χ0n) is 16.6. The lowest BCUT2D eigenvalue weighted by Gasteiger charge is -2.25. The summed E-state index contributed by atoms with van der Waals surface area (Å²) >= 11 is 0. The van der Waals surface area contributed by atoms with Crippen LogP contribution in [0.15, 0.2) is 65.8 Å². The molecule has 0 saturated heterocycles. The molecule has 1 aliphatic heterocycles. The van der Waals surface area contributed by atoms with Crippen LogP contribution in [-0.2, 0) is 9.47 Å². The molecule has 2 N–H and O–H groups in total. The summed E-state index contributed by atoms with van der Waals surface area (Å²) < 4.78 is 12.2. The molecule has 1 heterocycles. The summed E-state index contributed by atoms with van der Waals surface area (Å²) in [5.41, 5.74) is 3.18. The van der Waals surface area contributed by atoms with Crippen LogP contribution < -0.4 is 5.32 Å². The Bertz CT molecular complexity index is 846. The third kappa shape index (κ3) is 4.91. The van der Waals surface area contributed by atoms with Crippen LogP contribution in [0.4, 0.5) is 5.69 Å². The van der Waals surface area contributed by atoms with Gasteiger partial charge in [0.05, 0.1) is 17.5 Å². The van der Waals surface area contributed by atoms with Crippen LogP contribution in [0.3, 0.4) is 0 Å². The van der Waals surface area contributed by atoms with E-state index < -0.39 is 6.23 Å². The lowest BCUT2D eigenvalue weighted by Crippen LogP contribution is -2.29. The van der Waals surface area contributed by atoms with E-state index in [2.05, 4.69) is 11.9 Å². The van der Waals surface area contributed by atoms with E-state index >= 15 is 0 Å². The summed E-state index contributed by atoms with van der Waals surface area (Å²) in [6.45, 7) is 7.37. The molecule has 3 rings (SSSR count). The fraction of sp³-hybridized carbons (Fsp3) is 0.318. The molecule has 2 aromatic rings. The Kier molecular flexibility index (Phi) is 6.34. The summed E-state index contributed by atoms with van der Waals surface area (Å²) in [7, 11) is 3.99. The Morgan fingerprint density at radius 2 is 1.89 bits per heavy atom. The van der Waals surface area contributed by atoms with E-state index in [1.165, 1.54) is 0 Å². The van der Waals surface area contributed by atoms with E-state index in [0.717, 1.165) is 23.4 Å². The van der Waals surface area contributed by atoms with Gasteiger partial charge >= 0.3 is 0 Å². The zero-order valence-corrected chi connectivity index (χ0v) is 16.6. The van der Waals surface area contributed by atoms with Crippen molar-refractivity contribution in [3.63, 3.8) is 0 Å². The van der Waals surface area contributed by atoms with Gasteiger partial charge in [-0.05, 0) is 39.2 Å². The zero-order chi connectivity index (χ0) is 20.1. The van der Waals surface area contributed by atoms with E-state index in [1.54, 1.807) is 12.1 Å². The normalized spacial score (nSPS) is 19.7. The third-order valence-corrected chi connectivity index (χ3v) is 4.47. The average Bonchev–Trinajstić information content (AvgIpc) is 2.71. The highest BCUT2D eigenvalue weighted by Crippen LogP contribution is 2.33. The number of hydrogen-bond donors (Lipinski definition) is 2. The maximum absolute atomic E-state index is 9.60. The Hall–Kier alpha value is -2.83. The largest absolute Gasteiger partial charge is 0.508 e. The predicted octanol–water partition coefficient (Wildman–Crippen LogP) is 3.89. The summed E-state index contributed by atoms with van der Waals surface area (Å²) in [5.74, 6) is 0.647. The van der Waals surface area contributed by atoms with E-state index in [0.29, 0.717) is 18.2 Å². The molecule has 148 valence electrons. The number of likely N-dealkylation sites (N-methyl/N-ethyl adjacent to an activating group) is 1. The van der Waals surface area contributed by atoms with Gasteiger partial charge < -0.3 is 24.8 Å². The molecule has 2 aromatic carbocycles. The van der Waals surface area contributed by atoms with Crippen molar-refractivity contribution < 1.29 is 14.6 Å². The number of nitrogens with one attached hydrogen (secondary N) is 1. The Labute approximate surface area is 166 Å². The maximum atomic E-state index is 9.60. The van der Waals surface area contributed by atoms with Gasteiger partial charge in [-0.1, -0.05) is 36.9 Å². The lowest BCUT2D eigenvalue weighted by molar-refractivity contribution is -0.0178. The molecule has 0 fully saturated rings. The Balaban J connectivity index is 1.95. The van der Waals surface area contributed by atoms with Gasteiger partial charge in [0.1, 0.15) is 12.4 Å². The van der Waals surface area contributed by atoms with Gasteiger partial charge in [-0.15, -0.1) is 0 Å². The van der Waals surface area contributed by atoms with Gasteiger partial charge in [0, 0.05) is 17.7 Å². The molecule has 6 heteroatoms. The second-order valence-corrected chi connectivity index (χ2v) is 7.00. The SMILES string of the molecule is C=C1NC(c2ccc(O)cc2)OC(C)c2ccccc2N=C1OCCN(C)C. The van der Waals surface area contributed by atoms with E-state index in [-0.39, 0.29) is 11.9 Å². The Morgan fingerprint density at radius 1 is 1.18 bits per heavy atom. The van der Waals surface area contributed by atoms with Crippen molar-refractivity contribution in [1.29, 1.82) is 0 Å². The molecule has 6 nitrogen and oxygen atoms in total. The number of phenolic OH excluding ortho intramolecular Hbond substituents is 1. The first-order valence-corrected chi connectivity index (χ1v) is 9.29. The third-order valence-electron chi connectivity index (χ3n) is 4.47. The molecule has 0 aromatic heterocycles. The summed E-state index contributed by atoms with van der Waals surface area (Å²) in [4.78, 5) is 6.77. The minimum atomic E-state index is -0.461. The monoisotopic (exact) mass is 381 g/mol. The summed E-state index contributed by atoms with van der Waals surface area (Å²) in [6, 6.07) is 14.8. The number of para-hydroxylation sites is 1. The first-order chi connectivity index (χ1) is 13.4. The number of hydrogen-bond acceptors (Lipinski definition) is 6. The molecule has 28 heavy (non-hydrogen) atoms. The molecule has 0 saturated carbocycles. The molecule has 2 atom stereocenters. The van der Waals surface area contributed by atoms with Gasteiger partial charge in [0.25, 0.3) is 0 Å². The molecule has 2 unspecified atom stereocenters. The van der Waals surface area contributed by atoms with Gasteiger partial charge in [-0.2, -0.15) is 0 Å². The average molecular weight is 381 g/mol. The minimum Gasteiger partial charge on any atom is -0.508 e. The number of nitrogens with zero attached hydrogens (tertiary/aromatic N) is 2. The number of rotatable bonds is 4. The van der Waals surface area contributed by atoms with Gasteiger partial charge in [-0.25, -0.2) is 4.99 Å². The van der Waals surface area contributed by atoms with Crippen LogP contribution in [0, 0.1) is 0 Å². The highest BCUT2D eigenvalue weighted by Gasteiger charge is 2.23. The topological polar surface area (TPSA) is 66.3 Å². The van der Waals surface area contributed by atoms with Crippen LogP contribution in [0.25, 0.3) is 0 Å². The predicted molar refractivity (Wildman–Crippen MR) is 111 cm³/mol. The standard InChI is InChI=1S/C22H27N3O3/c1-15-21(27-14-13-25(3)4)24-20-8-6-5-7-19(20)16(2)28-22(23-15)17-9-11-18(26)12-10-17/h5-12,16,22-23,26H,1,13-14H2,2-4H3. The smallest absolute Gasteiger partial charge is 0.237 e. The molecular formula is C22H27N3O3. The molecular weight excluding hydrogens is 354 g/mol. The first kappa shape index (κ1) is 19.9. The van der Waals surface area contributed by atoms with Crippen molar-refractivity contribution in [3.8, 4) is 5.75 Å². The fourth-order valence-corrected chi connectivity index (χ4v) is 2.90. The molecule has 0 aliphatic carbocycles. The number of fused-ring (bicyclic) bond motifs is 1. The molecule has 1 aliphatic rings. The van der Waals surface area contributed by atoms with Crippen molar-refractivity contribution in [3.05, 3.63) is 71.9 Å². The summed E-state index contributed by atoms with van der Waals surface area (Å²) in [5, 5.41) is 12.9. The van der Waals surface area contributed by atoms with E-state index in [1.807, 2.05) is 62.3 Å². The number of benzene rings is 2.